The van der Waals surface area contributed by atoms with Crippen LogP contribution >= 0.6 is 0 Å². The van der Waals surface area contributed by atoms with E-state index in [1.165, 1.54) is 24.0 Å². The molecule has 1 atom stereocenters. The normalized spacial score (nSPS) is 19.6. The maximum atomic E-state index is 13.1. The largest absolute Gasteiger partial charge is 0.496 e. The smallest absolute Gasteiger partial charge is 0.255 e. The van der Waals surface area contributed by atoms with Crippen LogP contribution < -0.4 is 20.1 Å². The van der Waals surface area contributed by atoms with Gasteiger partial charge in [0.25, 0.3) is 5.91 Å². The van der Waals surface area contributed by atoms with Crippen molar-refractivity contribution in [2.45, 2.75) is 71.8 Å². The number of carbonyl (C=O) groups is 2. The monoisotopic (exact) mass is 603 g/mol. The van der Waals surface area contributed by atoms with Gasteiger partial charge >= 0.3 is 0 Å². The summed E-state index contributed by atoms with van der Waals surface area (Å²) < 4.78 is 13.6. The first kappa shape index (κ1) is 31.5. The molecule has 1 saturated heterocycles. The van der Waals surface area contributed by atoms with Crippen LogP contribution in [0.2, 0.25) is 0 Å². The second-order valence-electron chi connectivity index (χ2n) is 11.9. The summed E-state index contributed by atoms with van der Waals surface area (Å²) >= 11 is 0. The Kier molecular flexibility index (Phi) is 10.8. The minimum absolute atomic E-state index is 0.220. The number of fused-ring (bicyclic) bond motifs is 3. The Balaban J connectivity index is 1.30. The number of aromatic nitrogens is 3. The van der Waals surface area contributed by atoms with E-state index in [4.69, 9.17) is 9.47 Å². The molecule has 44 heavy (non-hydrogen) atoms. The lowest BCUT2D eigenvalue weighted by molar-refractivity contribution is -0.122. The molecule has 0 saturated carbocycles. The standard InChI is InChI=1S/C33H45N7O4/c1-24-8-10-29-31(18-24)44-17-7-16-40-23-28(36-37-40)22-39(15-6-12-34-32(41)25(2)35-33(29)42)20-26-9-11-30(43-3)27(19-26)21-38-13-4-5-14-38/h8-11,18-19,23,25H,4-7,12-17,20-22H2,1-3H3,(H,34,41)(H,35,42)/t25-/m1/s1. The van der Waals surface area contributed by atoms with Gasteiger partial charge in [0.05, 0.1) is 25.0 Å². The van der Waals surface area contributed by atoms with E-state index in [1.54, 1.807) is 20.1 Å². The second-order valence-corrected chi connectivity index (χ2v) is 11.9. The van der Waals surface area contributed by atoms with E-state index in [1.807, 2.05) is 29.9 Å². The minimum atomic E-state index is -0.683. The van der Waals surface area contributed by atoms with E-state index in [0.717, 1.165) is 56.2 Å². The molecule has 11 heteroatoms. The number of methoxy groups -OCH3 is 1. The summed E-state index contributed by atoms with van der Waals surface area (Å²) in [5, 5.41) is 14.6. The van der Waals surface area contributed by atoms with Crippen LogP contribution in [0.5, 0.6) is 11.5 Å². The van der Waals surface area contributed by atoms with Gasteiger partial charge in [0.2, 0.25) is 5.91 Å². The lowest BCUT2D eigenvalue weighted by Gasteiger charge is -2.23. The van der Waals surface area contributed by atoms with Crippen LogP contribution in [0.15, 0.2) is 42.6 Å². The first-order valence-corrected chi connectivity index (χ1v) is 15.7. The van der Waals surface area contributed by atoms with Crippen molar-refractivity contribution < 1.29 is 19.1 Å². The molecule has 3 heterocycles. The summed E-state index contributed by atoms with van der Waals surface area (Å²) in [5.74, 6) is 0.869. The summed E-state index contributed by atoms with van der Waals surface area (Å²) in [7, 11) is 1.73. The average Bonchev–Trinajstić information content (AvgIpc) is 3.69. The number of nitrogens with one attached hydrogen (secondary N) is 2. The summed E-state index contributed by atoms with van der Waals surface area (Å²) in [6.07, 6.45) is 5.93. The van der Waals surface area contributed by atoms with Gasteiger partial charge in [-0.1, -0.05) is 17.3 Å². The van der Waals surface area contributed by atoms with Gasteiger partial charge in [-0.2, -0.15) is 0 Å². The fraction of sp³-hybridized carbons (Fsp3) is 0.515. The highest BCUT2D eigenvalue weighted by atomic mass is 16.5. The van der Waals surface area contributed by atoms with Crippen molar-refractivity contribution in [1.82, 2.24) is 35.4 Å². The van der Waals surface area contributed by atoms with Crippen molar-refractivity contribution in [3.05, 3.63) is 70.5 Å². The van der Waals surface area contributed by atoms with Crippen LogP contribution in [0.25, 0.3) is 0 Å². The van der Waals surface area contributed by atoms with Crippen molar-refractivity contribution in [2.75, 3.05) is 39.9 Å². The maximum Gasteiger partial charge on any atom is 0.255 e. The lowest BCUT2D eigenvalue weighted by Crippen LogP contribution is -2.45. The molecule has 1 fully saturated rings. The number of benzene rings is 2. The van der Waals surface area contributed by atoms with Crippen molar-refractivity contribution in [2.24, 2.45) is 0 Å². The number of rotatable bonds is 5. The maximum absolute atomic E-state index is 13.1. The molecule has 5 rings (SSSR count). The van der Waals surface area contributed by atoms with Crippen LogP contribution in [-0.4, -0.2) is 82.5 Å². The fourth-order valence-electron chi connectivity index (χ4n) is 5.81. The number of nitrogens with zero attached hydrogens (tertiary/aromatic N) is 5. The second kappa shape index (κ2) is 15.2. The number of amides is 2. The van der Waals surface area contributed by atoms with Crippen LogP contribution in [0, 0.1) is 6.92 Å². The molecule has 2 aromatic carbocycles. The molecule has 0 radical (unpaired) electrons. The van der Waals surface area contributed by atoms with Crippen LogP contribution in [0.4, 0.5) is 0 Å². The summed E-state index contributed by atoms with van der Waals surface area (Å²) in [5.41, 5.74) is 4.71. The highest BCUT2D eigenvalue weighted by molar-refractivity contribution is 5.99. The van der Waals surface area contributed by atoms with Gasteiger partial charge in [0, 0.05) is 57.4 Å². The summed E-state index contributed by atoms with van der Waals surface area (Å²) in [6, 6.07) is 11.2. The molecular formula is C33H45N7O4. The molecule has 0 spiro atoms. The number of hydrogen-bond acceptors (Lipinski definition) is 8. The predicted molar refractivity (Wildman–Crippen MR) is 167 cm³/mol. The summed E-state index contributed by atoms with van der Waals surface area (Å²) in [4.78, 5) is 30.7. The van der Waals surface area contributed by atoms with E-state index in [2.05, 4.69) is 48.9 Å². The molecule has 2 aliphatic heterocycles. The number of likely N-dealkylation sites (tertiary alicyclic amines) is 1. The number of ether oxygens (including phenoxy) is 2. The van der Waals surface area contributed by atoms with Gasteiger partial charge in [-0.05, 0) is 81.6 Å². The minimum Gasteiger partial charge on any atom is -0.496 e. The molecule has 2 amide bonds. The molecule has 236 valence electrons. The van der Waals surface area contributed by atoms with Crippen LogP contribution in [0.3, 0.4) is 0 Å². The van der Waals surface area contributed by atoms with Crippen molar-refractivity contribution >= 4 is 11.8 Å². The average molecular weight is 604 g/mol. The van der Waals surface area contributed by atoms with E-state index in [0.29, 0.717) is 44.0 Å². The Morgan fingerprint density at radius 2 is 1.80 bits per heavy atom. The molecular weight excluding hydrogens is 558 g/mol. The Hall–Kier alpha value is -3.96. The first-order valence-electron chi connectivity index (χ1n) is 15.7. The molecule has 11 nitrogen and oxygen atoms in total. The Labute approximate surface area is 259 Å². The van der Waals surface area contributed by atoms with Gasteiger partial charge in [-0.3, -0.25) is 24.1 Å². The van der Waals surface area contributed by atoms with Gasteiger partial charge in [-0.25, -0.2) is 0 Å². The topological polar surface area (TPSA) is 114 Å². The molecule has 2 aliphatic rings. The zero-order valence-corrected chi connectivity index (χ0v) is 26.2. The first-order chi connectivity index (χ1) is 21.4. The van der Waals surface area contributed by atoms with Gasteiger partial charge in [0.1, 0.15) is 17.5 Å². The zero-order valence-electron chi connectivity index (χ0n) is 26.2. The van der Waals surface area contributed by atoms with E-state index in [9.17, 15) is 9.59 Å². The Morgan fingerprint density at radius 1 is 0.977 bits per heavy atom. The van der Waals surface area contributed by atoms with E-state index in [-0.39, 0.29) is 11.8 Å². The third kappa shape index (κ3) is 8.57. The number of aryl methyl sites for hydroxylation is 2. The number of hydrogen-bond donors (Lipinski definition) is 2. The highest BCUT2D eigenvalue weighted by Gasteiger charge is 2.20. The van der Waals surface area contributed by atoms with Gasteiger partial charge < -0.3 is 20.1 Å². The van der Waals surface area contributed by atoms with Crippen molar-refractivity contribution in [3.63, 3.8) is 0 Å². The molecule has 0 aliphatic carbocycles. The third-order valence-electron chi connectivity index (χ3n) is 8.18. The molecule has 2 bridgehead atoms. The lowest BCUT2D eigenvalue weighted by atomic mass is 10.1. The van der Waals surface area contributed by atoms with E-state index >= 15 is 0 Å². The quantitative estimate of drug-likeness (QED) is 0.457. The van der Waals surface area contributed by atoms with Gasteiger partial charge in [-0.15, -0.1) is 5.10 Å². The molecule has 0 unspecified atom stereocenters. The van der Waals surface area contributed by atoms with E-state index < -0.39 is 6.04 Å². The van der Waals surface area contributed by atoms with Crippen molar-refractivity contribution in [1.29, 1.82) is 0 Å². The molecule has 1 aromatic heterocycles. The SMILES string of the molecule is COc1ccc(CN2CCCNC(=O)[C@@H](C)NC(=O)c3ccc(C)cc3OCCCn3cc(nn3)C2)cc1CN1CCCC1. The van der Waals surface area contributed by atoms with Crippen molar-refractivity contribution in [3.8, 4) is 11.5 Å². The third-order valence-corrected chi connectivity index (χ3v) is 8.18. The molecule has 2 N–H and O–H groups in total. The van der Waals surface area contributed by atoms with Crippen LogP contribution in [-0.2, 0) is 31.0 Å². The number of carbonyl (C=O) groups excluding carboxylic acids is 2. The Morgan fingerprint density at radius 3 is 2.61 bits per heavy atom. The van der Waals surface area contributed by atoms with Gasteiger partial charge in [0.15, 0.2) is 0 Å². The molecule has 3 aromatic rings. The highest BCUT2D eigenvalue weighted by Crippen LogP contribution is 2.25. The fourth-order valence-corrected chi connectivity index (χ4v) is 5.81. The zero-order chi connectivity index (χ0) is 30.9. The summed E-state index contributed by atoms with van der Waals surface area (Å²) in [6.45, 7) is 10.5. The van der Waals surface area contributed by atoms with Crippen LogP contribution in [0.1, 0.15) is 65.3 Å². The predicted octanol–water partition coefficient (Wildman–Crippen LogP) is 3.30. The Bertz CT molecular complexity index is 1420.